The first-order chi connectivity index (χ1) is 16.0. The highest BCUT2D eigenvalue weighted by Crippen LogP contribution is 2.35. The Kier molecular flexibility index (Phi) is 7.03. The monoisotopic (exact) mass is 470 g/mol. The zero-order valence-electron chi connectivity index (χ0n) is 17.6. The van der Waals surface area contributed by atoms with E-state index in [0.717, 1.165) is 31.7 Å². The van der Waals surface area contributed by atoms with Crippen LogP contribution >= 0.6 is 11.8 Å². The van der Waals surface area contributed by atoms with Crippen LogP contribution in [0.25, 0.3) is 11.6 Å². The molecule has 0 bridgehead atoms. The molecule has 0 spiro atoms. The van der Waals surface area contributed by atoms with Gasteiger partial charge in [0.25, 0.3) is 11.6 Å². The maximum atomic E-state index is 12.3. The van der Waals surface area contributed by atoms with Crippen LogP contribution in [0, 0.1) is 10.1 Å². The second-order valence-electron chi connectivity index (χ2n) is 7.54. The lowest BCUT2D eigenvalue weighted by molar-refractivity contribution is -0.384. The number of furan rings is 1. The van der Waals surface area contributed by atoms with Crippen molar-refractivity contribution < 1.29 is 18.9 Å². The van der Waals surface area contributed by atoms with Gasteiger partial charge in [-0.3, -0.25) is 35.1 Å². The first-order valence-corrected chi connectivity index (χ1v) is 11.5. The molecule has 0 saturated heterocycles. The van der Waals surface area contributed by atoms with Gasteiger partial charge in [0.1, 0.15) is 0 Å². The number of nitro groups is 1. The number of nitrogens with one attached hydrogen (secondary N) is 2. The third-order valence-corrected chi connectivity index (χ3v) is 6.26. The van der Waals surface area contributed by atoms with Gasteiger partial charge < -0.3 is 4.42 Å². The minimum Gasteiger partial charge on any atom is -0.461 e. The molecule has 1 aliphatic rings. The maximum absolute atomic E-state index is 12.3. The Morgan fingerprint density at radius 1 is 1.15 bits per heavy atom. The molecule has 12 heteroatoms. The van der Waals surface area contributed by atoms with Crippen LogP contribution in [0.15, 0.2) is 52.2 Å². The number of aromatic nitrogens is 3. The fourth-order valence-electron chi connectivity index (χ4n) is 3.74. The molecule has 3 aromatic rings. The van der Waals surface area contributed by atoms with Crippen molar-refractivity contribution in [3.63, 3.8) is 0 Å². The van der Waals surface area contributed by atoms with E-state index in [4.69, 9.17) is 4.42 Å². The highest BCUT2D eigenvalue weighted by molar-refractivity contribution is 7.99. The van der Waals surface area contributed by atoms with Crippen molar-refractivity contribution >= 4 is 29.3 Å². The first kappa shape index (κ1) is 22.5. The van der Waals surface area contributed by atoms with Crippen molar-refractivity contribution in [3.8, 4) is 11.6 Å². The number of hydrazine groups is 1. The zero-order valence-corrected chi connectivity index (χ0v) is 18.4. The van der Waals surface area contributed by atoms with E-state index in [0.29, 0.717) is 16.7 Å². The maximum Gasteiger partial charge on any atom is 0.270 e. The van der Waals surface area contributed by atoms with Crippen molar-refractivity contribution in [2.24, 2.45) is 0 Å². The third kappa shape index (κ3) is 5.40. The number of carbonyl (C=O) groups is 2. The highest BCUT2D eigenvalue weighted by Gasteiger charge is 2.25. The van der Waals surface area contributed by atoms with Crippen molar-refractivity contribution in [2.75, 3.05) is 5.75 Å². The summed E-state index contributed by atoms with van der Waals surface area (Å²) in [6, 6.07) is 9.09. The van der Waals surface area contributed by atoms with Gasteiger partial charge in [-0.05, 0) is 31.0 Å². The van der Waals surface area contributed by atoms with Gasteiger partial charge in [0.05, 0.1) is 16.9 Å². The van der Waals surface area contributed by atoms with Gasteiger partial charge in [-0.25, -0.2) is 0 Å². The summed E-state index contributed by atoms with van der Waals surface area (Å²) in [7, 11) is 0. The SMILES string of the molecule is O=C(CSc1nnc(-c2ccco2)n1C1CCCCC1)NNC(=O)c1cccc([N+](=O)[O-])c1. The Bertz CT molecular complexity index is 1140. The van der Waals surface area contributed by atoms with Crippen molar-refractivity contribution in [1.29, 1.82) is 0 Å². The lowest BCUT2D eigenvalue weighted by atomic mass is 9.95. The molecule has 0 unspecified atom stereocenters. The number of nitrogens with zero attached hydrogens (tertiary/aromatic N) is 4. The zero-order chi connectivity index (χ0) is 23.2. The molecule has 0 atom stereocenters. The van der Waals surface area contributed by atoms with Crippen molar-refractivity contribution in [1.82, 2.24) is 25.6 Å². The Morgan fingerprint density at radius 2 is 1.97 bits per heavy atom. The largest absolute Gasteiger partial charge is 0.461 e. The normalized spacial score (nSPS) is 14.1. The topological polar surface area (TPSA) is 145 Å². The average Bonchev–Trinajstić information content (AvgIpc) is 3.51. The molecule has 1 saturated carbocycles. The van der Waals surface area contributed by atoms with Crippen molar-refractivity contribution in [3.05, 3.63) is 58.3 Å². The number of amides is 2. The molecule has 2 N–H and O–H groups in total. The number of rotatable bonds is 7. The van der Waals surface area contributed by atoms with Crippen LogP contribution in [-0.2, 0) is 4.79 Å². The Morgan fingerprint density at radius 3 is 2.70 bits per heavy atom. The molecule has 1 aromatic carbocycles. The molecule has 0 radical (unpaired) electrons. The molecule has 4 rings (SSSR count). The minimum atomic E-state index is -0.650. The number of benzene rings is 1. The summed E-state index contributed by atoms with van der Waals surface area (Å²) in [6.45, 7) is 0. The van der Waals surface area contributed by atoms with Gasteiger partial charge in [-0.2, -0.15) is 0 Å². The number of hydrogen-bond acceptors (Lipinski definition) is 8. The van der Waals surface area contributed by atoms with E-state index in [1.807, 2.05) is 10.6 Å². The van der Waals surface area contributed by atoms with Crippen LogP contribution in [0.4, 0.5) is 5.69 Å². The van der Waals surface area contributed by atoms with Crippen molar-refractivity contribution in [2.45, 2.75) is 43.3 Å². The molecule has 11 nitrogen and oxygen atoms in total. The van der Waals surface area contributed by atoms with Crippen LogP contribution in [-0.4, -0.2) is 37.3 Å². The highest BCUT2D eigenvalue weighted by atomic mass is 32.2. The second-order valence-corrected chi connectivity index (χ2v) is 8.49. The minimum absolute atomic E-state index is 0.00176. The van der Waals surface area contributed by atoms with Crippen LogP contribution in [0.5, 0.6) is 0 Å². The number of hydrogen-bond donors (Lipinski definition) is 2. The van der Waals surface area contributed by atoms with E-state index in [9.17, 15) is 19.7 Å². The summed E-state index contributed by atoms with van der Waals surface area (Å²) in [5.74, 6) is 0.152. The summed E-state index contributed by atoms with van der Waals surface area (Å²) >= 11 is 1.22. The van der Waals surface area contributed by atoms with Gasteiger partial charge in [-0.1, -0.05) is 37.1 Å². The van der Waals surface area contributed by atoms with E-state index in [1.54, 1.807) is 12.3 Å². The van der Waals surface area contributed by atoms with E-state index >= 15 is 0 Å². The fourth-order valence-corrected chi connectivity index (χ4v) is 4.55. The molecule has 1 aliphatic carbocycles. The van der Waals surface area contributed by atoms with E-state index < -0.39 is 16.7 Å². The molecule has 1 fully saturated rings. The van der Waals surface area contributed by atoms with Gasteiger partial charge in [0, 0.05) is 23.7 Å². The number of non-ortho nitro benzene ring substituents is 1. The summed E-state index contributed by atoms with van der Waals surface area (Å²) in [5, 5.41) is 20.0. The molecule has 172 valence electrons. The molecule has 2 aromatic heterocycles. The summed E-state index contributed by atoms with van der Waals surface area (Å²) < 4.78 is 7.56. The van der Waals surface area contributed by atoms with Crippen LogP contribution in [0.2, 0.25) is 0 Å². The molecule has 2 heterocycles. The van der Waals surface area contributed by atoms with Gasteiger partial charge in [-0.15, -0.1) is 10.2 Å². The third-order valence-electron chi connectivity index (χ3n) is 5.31. The number of nitro benzene ring substituents is 1. The van der Waals surface area contributed by atoms with Crippen LogP contribution in [0.1, 0.15) is 48.5 Å². The molecular weight excluding hydrogens is 448 g/mol. The smallest absolute Gasteiger partial charge is 0.270 e. The molecule has 33 heavy (non-hydrogen) atoms. The molecule has 0 aliphatic heterocycles. The van der Waals surface area contributed by atoms with Gasteiger partial charge in [0.15, 0.2) is 10.9 Å². The lowest BCUT2D eigenvalue weighted by Crippen LogP contribution is -2.42. The standard InChI is InChI=1S/C21H22N6O5S/c28-18(22-24-20(29)14-6-4-9-16(12-14)27(30)31)13-33-21-25-23-19(17-10-5-11-32-17)26(21)15-7-2-1-3-8-15/h4-6,9-12,15H,1-3,7-8,13H2,(H,22,28)(H,24,29). The van der Waals surface area contributed by atoms with Gasteiger partial charge in [0.2, 0.25) is 11.7 Å². The van der Waals surface area contributed by atoms with Gasteiger partial charge >= 0.3 is 0 Å². The lowest BCUT2D eigenvalue weighted by Gasteiger charge is -2.25. The van der Waals surface area contributed by atoms with E-state index in [-0.39, 0.29) is 23.0 Å². The quantitative estimate of drug-likeness (QED) is 0.303. The fraction of sp³-hybridized carbons (Fsp3) is 0.333. The number of thioether (sulfide) groups is 1. The second kappa shape index (κ2) is 10.3. The first-order valence-electron chi connectivity index (χ1n) is 10.5. The Hall–Kier alpha value is -3.67. The summed E-state index contributed by atoms with van der Waals surface area (Å²) in [5.41, 5.74) is 4.46. The number of carbonyl (C=O) groups excluding carboxylic acids is 2. The Labute approximate surface area is 193 Å². The molecular formula is C21H22N6O5S. The predicted octanol–water partition coefficient (Wildman–Crippen LogP) is 3.50. The van der Waals surface area contributed by atoms with Crippen LogP contribution < -0.4 is 10.9 Å². The molecule has 2 amide bonds. The summed E-state index contributed by atoms with van der Waals surface area (Å²) in [4.78, 5) is 34.8. The predicted molar refractivity (Wildman–Crippen MR) is 119 cm³/mol. The average molecular weight is 471 g/mol. The Balaban J connectivity index is 1.38. The van der Waals surface area contributed by atoms with E-state index in [1.165, 1.54) is 36.4 Å². The van der Waals surface area contributed by atoms with Crippen LogP contribution in [0.3, 0.4) is 0 Å². The summed E-state index contributed by atoms with van der Waals surface area (Å²) in [6.07, 6.45) is 7.03. The van der Waals surface area contributed by atoms with E-state index in [2.05, 4.69) is 21.0 Å².